The van der Waals surface area contributed by atoms with Gasteiger partial charge >= 0.3 is 11.7 Å². The molecule has 0 aliphatic rings. The highest BCUT2D eigenvalue weighted by atomic mass is 16.6. The van der Waals surface area contributed by atoms with E-state index in [9.17, 15) is 19.7 Å². The SMILES string of the molecule is Cc1nn(C)c(C(=O)N(CCc2ccccc2)CC(=O)O)c1[N+](=O)[O-]. The molecule has 1 aromatic carbocycles. The Bertz CT molecular complexity index is 800. The minimum atomic E-state index is -1.19. The molecule has 0 radical (unpaired) electrons. The molecule has 0 atom stereocenters. The Balaban J connectivity index is 2.30. The van der Waals surface area contributed by atoms with Gasteiger partial charge in [0.2, 0.25) is 5.69 Å². The number of aryl methyl sites for hydroxylation is 2. The Kier molecular flexibility index (Phi) is 5.48. The fourth-order valence-corrected chi connectivity index (χ4v) is 2.58. The average molecular weight is 346 g/mol. The fourth-order valence-electron chi connectivity index (χ4n) is 2.58. The Morgan fingerprint density at radius 2 is 1.96 bits per heavy atom. The lowest BCUT2D eigenvalue weighted by atomic mass is 10.1. The van der Waals surface area contributed by atoms with Crippen molar-refractivity contribution in [3.8, 4) is 0 Å². The van der Waals surface area contributed by atoms with Gasteiger partial charge in [0.15, 0.2) is 0 Å². The van der Waals surface area contributed by atoms with Gasteiger partial charge in [0, 0.05) is 13.6 Å². The van der Waals surface area contributed by atoms with E-state index in [2.05, 4.69) is 5.10 Å². The summed E-state index contributed by atoms with van der Waals surface area (Å²) in [5.74, 6) is -1.92. The number of carboxylic acid groups (broad SMARTS) is 1. The number of aliphatic carboxylic acids is 1. The highest BCUT2D eigenvalue weighted by Gasteiger charge is 2.32. The van der Waals surface area contributed by atoms with Crippen LogP contribution in [-0.2, 0) is 18.3 Å². The van der Waals surface area contributed by atoms with Crippen LogP contribution >= 0.6 is 0 Å². The Morgan fingerprint density at radius 3 is 2.52 bits per heavy atom. The summed E-state index contributed by atoms with van der Waals surface area (Å²) in [7, 11) is 1.42. The van der Waals surface area contributed by atoms with E-state index in [1.165, 1.54) is 14.0 Å². The van der Waals surface area contributed by atoms with Crippen molar-refractivity contribution < 1.29 is 19.6 Å². The number of nitro groups is 1. The van der Waals surface area contributed by atoms with Crippen molar-refractivity contribution in [2.45, 2.75) is 13.3 Å². The van der Waals surface area contributed by atoms with Crippen LogP contribution in [0.15, 0.2) is 30.3 Å². The quantitative estimate of drug-likeness (QED) is 0.598. The van der Waals surface area contributed by atoms with Crippen LogP contribution in [0.25, 0.3) is 0 Å². The van der Waals surface area contributed by atoms with E-state index in [0.717, 1.165) is 15.1 Å². The van der Waals surface area contributed by atoms with Crippen molar-refractivity contribution >= 4 is 17.6 Å². The zero-order chi connectivity index (χ0) is 18.6. The van der Waals surface area contributed by atoms with E-state index in [4.69, 9.17) is 5.11 Å². The third kappa shape index (κ3) is 4.19. The number of carboxylic acids is 1. The maximum absolute atomic E-state index is 12.8. The molecule has 0 bridgehead atoms. The molecule has 2 rings (SSSR count). The van der Waals surface area contributed by atoms with Crippen LogP contribution in [0.5, 0.6) is 0 Å². The summed E-state index contributed by atoms with van der Waals surface area (Å²) in [6, 6.07) is 9.26. The van der Waals surface area contributed by atoms with Crippen LogP contribution in [-0.4, -0.2) is 49.7 Å². The molecular weight excluding hydrogens is 328 g/mol. The van der Waals surface area contributed by atoms with Crippen LogP contribution in [0, 0.1) is 17.0 Å². The van der Waals surface area contributed by atoms with Gasteiger partial charge in [-0.3, -0.25) is 24.4 Å². The number of carbonyl (C=O) groups excluding carboxylic acids is 1. The van der Waals surface area contributed by atoms with Crippen LogP contribution in [0.4, 0.5) is 5.69 Å². The maximum atomic E-state index is 12.8. The molecule has 1 aromatic heterocycles. The summed E-state index contributed by atoms with van der Waals surface area (Å²) >= 11 is 0. The van der Waals surface area contributed by atoms with Gasteiger partial charge in [-0.1, -0.05) is 30.3 Å². The fraction of sp³-hybridized carbons (Fsp3) is 0.312. The summed E-state index contributed by atoms with van der Waals surface area (Å²) in [6.45, 7) is 1.00. The molecule has 25 heavy (non-hydrogen) atoms. The molecule has 0 aliphatic heterocycles. The van der Waals surface area contributed by atoms with E-state index in [1.807, 2.05) is 30.3 Å². The van der Waals surface area contributed by atoms with Crippen LogP contribution < -0.4 is 0 Å². The second-order valence-corrected chi connectivity index (χ2v) is 5.52. The minimum absolute atomic E-state index is 0.106. The smallest absolute Gasteiger partial charge is 0.323 e. The van der Waals surface area contributed by atoms with E-state index in [1.54, 1.807) is 0 Å². The van der Waals surface area contributed by atoms with Crippen molar-refractivity contribution in [3.05, 3.63) is 57.4 Å². The van der Waals surface area contributed by atoms with Crippen molar-refractivity contribution in [2.75, 3.05) is 13.1 Å². The van der Waals surface area contributed by atoms with Gasteiger partial charge in [-0.25, -0.2) is 0 Å². The Labute approximate surface area is 143 Å². The van der Waals surface area contributed by atoms with Crippen molar-refractivity contribution in [3.63, 3.8) is 0 Å². The van der Waals surface area contributed by atoms with Crippen LogP contribution in [0.2, 0.25) is 0 Å². The molecule has 132 valence electrons. The number of hydrogen-bond donors (Lipinski definition) is 1. The summed E-state index contributed by atoms with van der Waals surface area (Å²) < 4.78 is 1.12. The second kappa shape index (κ2) is 7.56. The van der Waals surface area contributed by atoms with E-state index in [-0.39, 0.29) is 17.9 Å². The lowest BCUT2D eigenvalue weighted by Crippen LogP contribution is -2.38. The van der Waals surface area contributed by atoms with Gasteiger partial charge in [-0.15, -0.1) is 0 Å². The summed E-state index contributed by atoms with van der Waals surface area (Å²) in [4.78, 5) is 35.5. The lowest BCUT2D eigenvalue weighted by molar-refractivity contribution is -0.385. The Morgan fingerprint density at radius 1 is 1.32 bits per heavy atom. The number of nitrogens with zero attached hydrogens (tertiary/aromatic N) is 4. The maximum Gasteiger partial charge on any atom is 0.323 e. The Hall–Kier alpha value is -3.23. The minimum Gasteiger partial charge on any atom is -0.480 e. The number of hydrogen-bond acceptors (Lipinski definition) is 5. The largest absolute Gasteiger partial charge is 0.480 e. The monoisotopic (exact) mass is 346 g/mol. The zero-order valence-corrected chi connectivity index (χ0v) is 13.9. The lowest BCUT2D eigenvalue weighted by Gasteiger charge is -2.20. The van der Waals surface area contributed by atoms with Crippen molar-refractivity contribution in [1.29, 1.82) is 0 Å². The van der Waals surface area contributed by atoms with Crippen LogP contribution in [0.1, 0.15) is 21.7 Å². The molecule has 1 heterocycles. The molecule has 2 aromatic rings. The average Bonchev–Trinajstić information content (AvgIpc) is 2.85. The normalized spacial score (nSPS) is 10.5. The predicted molar refractivity (Wildman–Crippen MR) is 88.3 cm³/mol. The standard InChI is InChI=1S/C16H18N4O5/c1-11-14(20(24)25)15(18(2)17-11)16(23)19(10-13(21)22)9-8-12-6-4-3-5-7-12/h3-7H,8-10H2,1-2H3,(H,21,22). The van der Waals surface area contributed by atoms with Gasteiger partial charge in [0.25, 0.3) is 5.91 Å². The van der Waals surface area contributed by atoms with E-state index in [0.29, 0.717) is 6.42 Å². The molecule has 1 amide bonds. The molecule has 9 heteroatoms. The van der Waals surface area contributed by atoms with E-state index < -0.39 is 29.0 Å². The first-order valence-corrected chi connectivity index (χ1v) is 7.54. The zero-order valence-electron chi connectivity index (χ0n) is 13.9. The van der Waals surface area contributed by atoms with Crippen molar-refractivity contribution in [2.24, 2.45) is 7.05 Å². The van der Waals surface area contributed by atoms with Gasteiger partial charge < -0.3 is 10.0 Å². The van der Waals surface area contributed by atoms with E-state index >= 15 is 0 Å². The topological polar surface area (TPSA) is 119 Å². The van der Waals surface area contributed by atoms with Gasteiger partial charge in [-0.05, 0) is 18.9 Å². The number of amides is 1. The summed E-state index contributed by atoms with van der Waals surface area (Å²) in [5.41, 5.74) is 0.412. The second-order valence-electron chi connectivity index (χ2n) is 5.52. The van der Waals surface area contributed by atoms with Gasteiger partial charge in [0.05, 0.1) is 4.92 Å². The van der Waals surface area contributed by atoms with Gasteiger partial charge in [-0.2, -0.15) is 5.10 Å². The molecule has 0 fully saturated rings. The third-order valence-corrected chi connectivity index (χ3v) is 3.70. The first-order valence-electron chi connectivity index (χ1n) is 7.54. The number of carbonyl (C=O) groups is 2. The third-order valence-electron chi connectivity index (χ3n) is 3.70. The number of aromatic nitrogens is 2. The molecule has 0 aliphatic carbocycles. The first-order chi connectivity index (χ1) is 11.8. The summed E-state index contributed by atoms with van der Waals surface area (Å²) in [6.07, 6.45) is 0.435. The molecule has 0 saturated heterocycles. The molecular formula is C16H18N4O5. The molecule has 9 nitrogen and oxygen atoms in total. The first kappa shape index (κ1) is 18.1. The predicted octanol–water partition coefficient (Wildman–Crippen LogP) is 1.41. The number of rotatable bonds is 7. The number of benzene rings is 1. The molecule has 0 saturated carbocycles. The van der Waals surface area contributed by atoms with Gasteiger partial charge in [0.1, 0.15) is 12.2 Å². The molecule has 0 unspecified atom stereocenters. The highest BCUT2D eigenvalue weighted by Crippen LogP contribution is 2.23. The highest BCUT2D eigenvalue weighted by molar-refractivity contribution is 5.98. The molecule has 0 spiro atoms. The molecule has 1 N–H and O–H groups in total. The summed E-state index contributed by atoms with van der Waals surface area (Å²) in [5, 5.41) is 24.2. The van der Waals surface area contributed by atoms with Crippen LogP contribution in [0.3, 0.4) is 0 Å². The van der Waals surface area contributed by atoms with Crippen molar-refractivity contribution in [1.82, 2.24) is 14.7 Å².